The zero-order valence-electron chi connectivity index (χ0n) is 26.7. The van der Waals surface area contributed by atoms with Crippen LogP contribution in [0.3, 0.4) is 0 Å². The van der Waals surface area contributed by atoms with Gasteiger partial charge in [-0.05, 0) is 98.4 Å². The lowest BCUT2D eigenvalue weighted by Gasteiger charge is -2.30. The standard InChI is InChI=1S/C36H35BrN6O5/c1-3-47-27-15-11-22(12-16-27)19-24-7-5-10-29-31(24)39-43(33(29)23-13-17-28(18-14-23)48-4-2)30(44)21-41-34-32(38-40-41)35(45)42(36(34)46)26-9-6-8-25(37)20-26/h6,8-9,11-20,29,32-34H,3-5,7,10,21H2,1-2H3. The summed E-state index contributed by atoms with van der Waals surface area (Å²) in [6.45, 7) is 4.79. The number of benzene rings is 3. The Balaban J connectivity index is 1.18. The van der Waals surface area contributed by atoms with E-state index in [9.17, 15) is 14.4 Å². The van der Waals surface area contributed by atoms with Gasteiger partial charge in [-0.1, -0.05) is 51.5 Å². The van der Waals surface area contributed by atoms with E-state index in [-0.39, 0.29) is 24.4 Å². The van der Waals surface area contributed by atoms with Gasteiger partial charge < -0.3 is 9.47 Å². The highest BCUT2D eigenvalue weighted by molar-refractivity contribution is 9.10. The van der Waals surface area contributed by atoms with E-state index in [2.05, 4.69) is 32.3 Å². The van der Waals surface area contributed by atoms with Crippen molar-refractivity contribution < 1.29 is 23.9 Å². The van der Waals surface area contributed by atoms with Crippen molar-refractivity contribution in [3.63, 3.8) is 0 Å². The maximum absolute atomic E-state index is 14.2. The second-order valence-electron chi connectivity index (χ2n) is 12.0. The Kier molecular flexibility index (Phi) is 8.83. The van der Waals surface area contributed by atoms with Crippen LogP contribution in [0.15, 0.2) is 98.3 Å². The van der Waals surface area contributed by atoms with E-state index in [1.807, 2.05) is 68.4 Å². The molecule has 0 spiro atoms. The highest BCUT2D eigenvalue weighted by Crippen LogP contribution is 2.45. The van der Waals surface area contributed by atoms with E-state index < -0.39 is 23.9 Å². The third-order valence-electron chi connectivity index (χ3n) is 9.04. The van der Waals surface area contributed by atoms with E-state index in [4.69, 9.17) is 14.6 Å². The van der Waals surface area contributed by atoms with Crippen molar-refractivity contribution in [3.05, 3.63) is 94.0 Å². The fourth-order valence-electron chi connectivity index (χ4n) is 6.93. The van der Waals surface area contributed by atoms with Gasteiger partial charge in [-0.3, -0.25) is 19.4 Å². The lowest BCUT2D eigenvalue weighted by Crippen LogP contribution is -2.45. The van der Waals surface area contributed by atoms with E-state index in [1.54, 1.807) is 23.2 Å². The Labute approximate surface area is 287 Å². The van der Waals surface area contributed by atoms with E-state index in [0.717, 1.165) is 62.5 Å². The molecular formula is C36H35BrN6O5. The minimum absolute atomic E-state index is 0.0238. The average molecular weight is 712 g/mol. The number of amides is 3. The number of halogens is 1. The molecule has 0 N–H and O–H groups in total. The molecule has 3 aromatic carbocycles. The lowest BCUT2D eigenvalue weighted by molar-refractivity contribution is -0.136. The number of fused-ring (bicyclic) bond motifs is 2. The minimum atomic E-state index is -1.01. The quantitative estimate of drug-likeness (QED) is 0.239. The number of allylic oxidation sites excluding steroid dienone is 1. The van der Waals surface area contributed by atoms with Crippen LogP contribution >= 0.6 is 15.9 Å². The van der Waals surface area contributed by atoms with Crippen molar-refractivity contribution in [2.75, 3.05) is 24.7 Å². The first-order chi connectivity index (χ1) is 23.4. The zero-order valence-corrected chi connectivity index (χ0v) is 28.2. The summed E-state index contributed by atoms with van der Waals surface area (Å²) in [7, 11) is 0. The third-order valence-corrected chi connectivity index (χ3v) is 9.54. The molecule has 3 aliphatic heterocycles. The van der Waals surface area contributed by atoms with Gasteiger partial charge in [0.15, 0.2) is 12.1 Å². The first-order valence-electron chi connectivity index (χ1n) is 16.2. The van der Waals surface area contributed by atoms with Gasteiger partial charge >= 0.3 is 0 Å². The molecule has 3 heterocycles. The van der Waals surface area contributed by atoms with Crippen LogP contribution in [0.1, 0.15) is 50.3 Å². The number of anilines is 1. The van der Waals surface area contributed by atoms with Crippen LogP contribution in [0.2, 0.25) is 0 Å². The zero-order chi connectivity index (χ0) is 33.4. The van der Waals surface area contributed by atoms with Crippen molar-refractivity contribution >= 4 is 51.1 Å². The van der Waals surface area contributed by atoms with Crippen molar-refractivity contribution in [1.82, 2.24) is 10.0 Å². The van der Waals surface area contributed by atoms with Crippen LogP contribution in [-0.2, 0) is 14.4 Å². The summed E-state index contributed by atoms with van der Waals surface area (Å²) in [6.07, 6.45) is 4.80. The van der Waals surface area contributed by atoms with Gasteiger partial charge in [-0.25, -0.2) is 9.91 Å². The molecule has 0 aromatic heterocycles. The van der Waals surface area contributed by atoms with Crippen molar-refractivity contribution in [2.24, 2.45) is 21.4 Å². The van der Waals surface area contributed by atoms with Gasteiger partial charge in [-0.15, -0.1) is 0 Å². The molecule has 1 aliphatic carbocycles. The normalized spacial score (nSPS) is 23.9. The highest BCUT2D eigenvalue weighted by Gasteiger charge is 2.55. The summed E-state index contributed by atoms with van der Waals surface area (Å²) in [6, 6.07) is 20.3. The summed E-state index contributed by atoms with van der Waals surface area (Å²) >= 11 is 3.41. The summed E-state index contributed by atoms with van der Waals surface area (Å²) in [5, 5.41) is 16.1. The predicted octanol–water partition coefficient (Wildman–Crippen LogP) is 6.36. The number of carbonyl (C=O) groups excluding carboxylic acids is 3. The molecule has 11 nitrogen and oxygen atoms in total. The Morgan fingerprint density at radius 1 is 0.938 bits per heavy atom. The fourth-order valence-corrected chi connectivity index (χ4v) is 7.32. The number of carbonyl (C=O) groups is 3. The Morgan fingerprint density at radius 2 is 1.65 bits per heavy atom. The van der Waals surface area contributed by atoms with Gasteiger partial charge in [0.2, 0.25) is 0 Å². The number of ether oxygens (including phenoxy) is 2. The number of imide groups is 1. The molecular weight excluding hydrogens is 676 g/mol. The van der Waals surface area contributed by atoms with Crippen molar-refractivity contribution in [3.8, 4) is 11.5 Å². The topological polar surface area (TPSA) is 116 Å². The summed E-state index contributed by atoms with van der Waals surface area (Å²) < 4.78 is 12.0. The van der Waals surface area contributed by atoms with E-state index in [0.29, 0.717) is 18.9 Å². The molecule has 4 atom stereocenters. The molecule has 1 saturated carbocycles. The van der Waals surface area contributed by atoms with Crippen LogP contribution in [0.5, 0.6) is 11.5 Å². The minimum Gasteiger partial charge on any atom is -0.494 e. The summed E-state index contributed by atoms with van der Waals surface area (Å²) in [5.41, 5.74) is 4.38. The molecule has 3 aromatic rings. The van der Waals surface area contributed by atoms with Gasteiger partial charge in [0, 0.05) is 10.4 Å². The van der Waals surface area contributed by atoms with Crippen molar-refractivity contribution in [1.29, 1.82) is 0 Å². The average Bonchev–Trinajstić information content (AvgIpc) is 3.75. The molecule has 0 bridgehead atoms. The summed E-state index contributed by atoms with van der Waals surface area (Å²) in [5.74, 6) is 0.272. The molecule has 2 fully saturated rings. The third kappa shape index (κ3) is 5.89. The molecule has 12 heteroatoms. The molecule has 0 radical (unpaired) electrons. The molecule has 4 aliphatic rings. The first kappa shape index (κ1) is 31.7. The number of nitrogens with zero attached hydrogens (tertiary/aromatic N) is 6. The highest BCUT2D eigenvalue weighted by atomic mass is 79.9. The summed E-state index contributed by atoms with van der Waals surface area (Å²) in [4.78, 5) is 42.3. The van der Waals surface area contributed by atoms with Crippen LogP contribution in [0.25, 0.3) is 6.08 Å². The molecule has 7 rings (SSSR count). The van der Waals surface area contributed by atoms with Gasteiger partial charge in [-0.2, -0.15) is 10.2 Å². The van der Waals surface area contributed by atoms with Crippen LogP contribution in [0.4, 0.5) is 5.69 Å². The van der Waals surface area contributed by atoms with E-state index >= 15 is 0 Å². The van der Waals surface area contributed by atoms with Crippen LogP contribution in [-0.4, -0.2) is 65.3 Å². The largest absolute Gasteiger partial charge is 0.494 e. The van der Waals surface area contributed by atoms with Crippen LogP contribution < -0.4 is 14.4 Å². The lowest BCUT2D eigenvalue weighted by atomic mass is 9.77. The molecule has 4 unspecified atom stereocenters. The Morgan fingerprint density at radius 3 is 2.33 bits per heavy atom. The second-order valence-corrected chi connectivity index (χ2v) is 12.9. The molecule has 3 amide bonds. The fraction of sp³-hybridized carbons (Fsp3) is 0.333. The number of hydrazone groups is 1. The smallest absolute Gasteiger partial charge is 0.264 e. The molecule has 246 valence electrons. The SMILES string of the molecule is CCOc1ccc(C=C2CCCC3C2=NN(C(=O)CN2N=NC4C(=O)N(c5cccc(Br)c5)C(=O)C42)C3c2ccc(OCC)cc2)cc1. The van der Waals surface area contributed by atoms with Gasteiger partial charge in [0.05, 0.1) is 30.7 Å². The van der Waals surface area contributed by atoms with Gasteiger partial charge in [0.25, 0.3) is 17.7 Å². The maximum atomic E-state index is 14.2. The Hall–Kier alpha value is -4.84. The van der Waals surface area contributed by atoms with Crippen molar-refractivity contribution in [2.45, 2.75) is 51.2 Å². The first-order valence-corrected chi connectivity index (χ1v) is 17.0. The maximum Gasteiger partial charge on any atom is 0.264 e. The predicted molar refractivity (Wildman–Crippen MR) is 183 cm³/mol. The monoisotopic (exact) mass is 710 g/mol. The Bertz CT molecular complexity index is 1820. The number of hydrogen-bond donors (Lipinski definition) is 0. The number of rotatable bonds is 9. The van der Waals surface area contributed by atoms with Crippen LogP contribution in [0, 0.1) is 5.92 Å². The van der Waals surface area contributed by atoms with Gasteiger partial charge in [0.1, 0.15) is 18.0 Å². The number of hydrogen-bond acceptors (Lipinski definition) is 9. The molecule has 48 heavy (non-hydrogen) atoms. The second kappa shape index (κ2) is 13.3. The molecule has 1 saturated heterocycles. The van der Waals surface area contributed by atoms with E-state index in [1.165, 1.54) is 5.01 Å².